The Morgan fingerprint density at radius 1 is 1.19 bits per heavy atom. The van der Waals surface area contributed by atoms with E-state index in [-0.39, 0.29) is 23.7 Å². The summed E-state index contributed by atoms with van der Waals surface area (Å²) in [4.78, 5) is 37.1. The number of halogens is 2. The molecule has 0 saturated carbocycles. The normalized spacial score (nSPS) is 15.7. The summed E-state index contributed by atoms with van der Waals surface area (Å²) in [6.07, 6.45) is 0.415. The molecule has 10 heteroatoms. The molecule has 2 aromatic rings. The van der Waals surface area contributed by atoms with Gasteiger partial charge in [-0.05, 0) is 48.4 Å². The lowest BCUT2D eigenvalue weighted by atomic mass is 10.1. The molecule has 1 atom stereocenters. The number of hydrogen-bond donors (Lipinski definition) is 2. The number of aliphatic carboxylic acids is 1. The second kappa shape index (κ2) is 9.28. The third kappa shape index (κ3) is 5.10. The van der Waals surface area contributed by atoms with Crippen molar-refractivity contribution in [3.05, 3.63) is 63.3 Å². The highest BCUT2D eigenvalue weighted by Crippen LogP contribution is 2.30. The lowest BCUT2D eigenvalue weighted by Gasteiger charge is -2.14. The van der Waals surface area contributed by atoms with E-state index in [1.165, 1.54) is 32.2 Å². The summed E-state index contributed by atoms with van der Waals surface area (Å²) in [5.74, 6) is -1.12. The molecule has 1 fully saturated rings. The summed E-state index contributed by atoms with van der Waals surface area (Å²) in [5.41, 5.74) is 1.19. The zero-order valence-electron chi connectivity index (χ0n) is 16.5. The van der Waals surface area contributed by atoms with Crippen LogP contribution in [-0.4, -0.2) is 41.1 Å². The third-order valence-corrected chi connectivity index (χ3v) is 5.04. The molecular weight excluding hydrogens is 447 g/mol. The molecule has 1 heterocycles. The van der Waals surface area contributed by atoms with E-state index >= 15 is 0 Å². The number of rotatable bonds is 7. The van der Waals surface area contributed by atoms with Gasteiger partial charge in [0.2, 0.25) is 0 Å². The van der Waals surface area contributed by atoms with Crippen LogP contribution in [0.2, 0.25) is 10.0 Å². The first-order chi connectivity index (χ1) is 14.7. The van der Waals surface area contributed by atoms with Gasteiger partial charge in [0.1, 0.15) is 5.70 Å². The number of methoxy groups -OCH3 is 1. The first-order valence-corrected chi connectivity index (χ1v) is 9.81. The molecule has 2 N–H and O–H groups in total. The zero-order valence-corrected chi connectivity index (χ0v) is 18.0. The monoisotopic (exact) mass is 464 g/mol. The topological polar surface area (TPSA) is 105 Å². The number of nitrogens with zero attached hydrogens (tertiary/aromatic N) is 1. The van der Waals surface area contributed by atoms with Crippen molar-refractivity contribution in [1.82, 2.24) is 10.2 Å². The van der Waals surface area contributed by atoms with Crippen LogP contribution in [0.4, 0.5) is 4.79 Å². The van der Waals surface area contributed by atoms with Gasteiger partial charge in [0, 0.05) is 10.0 Å². The zero-order chi connectivity index (χ0) is 22.7. The second-order valence-corrected chi connectivity index (χ2v) is 7.47. The summed E-state index contributed by atoms with van der Waals surface area (Å²) in [5, 5.41) is 12.3. The number of ether oxygens (including phenoxy) is 2. The molecule has 162 valence electrons. The van der Waals surface area contributed by atoms with Crippen molar-refractivity contribution in [2.75, 3.05) is 7.11 Å². The van der Waals surface area contributed by atoms with Crippen molar-refractivity contribution in [2.24, 2.45) is 0 Å². The number of carboxylic acid groups (broad SMARTS) is 1. The predicted octanol–water partition coefficient (Wildman–Crippen LogP) is 3.95. The Hall–Kier alpha value is -3.23. The van der Waals surface area contributed by atoms with Crippen molar-refractivity contribution >= 4 is 47.2 Å². The number of carbonyl (C=O) groups excluding carboxylic acids is 2. The van der Waals surface area contributed by atoms with Gasteiger partial charge >= 0.3 is 12.0 Å². The van der Waals surface area contributed by atoms with E-state index < -0.39 is 24.0 Å². The SMILES string of the molecule is COc1cc(/C=C2/NC(=O)N(Cc3ccc(Cl)cc3Cl)C2=O)ccc1O[C@@H](C)C(=O)O. The average Bonchev–Trinajstić information content (AvgIpc) is 2.98. The van der Waals surface area contributed by atoms with E-state index in [4.69, 9.17) is 37.8 Å². The van der Waals surface area contributed by atoms with Gasteiger partial charge in [0.05, 0.1) is 13.7 Å². The fourth-order valence-corrected chi connectivity index (χ4v) is 3.28. The number of nitrogens with one attached hydrogen (secondary N) is 1. The first-order valence-electron chi connectivity index (χ1n) is 9.05. The smallest absolute Gasteiger partial charge is 0.344 e. The van der Waals surface area contributed by atoms with Gasteiger partial charge in [-0.3, -0.25) is 9.69 Å². The summed E-state index contributed by atoms with van der Waals surface area (Å²) < 4.78 is 10.6. The molecule has 2 aromatic carbocycles. The van der Waals surface area contributed by atoms with Crippen molar-refractivity contribution < 1.29 is 29.0 Å². The summed E-state index contributed by atoms with van der Waals surface area (Å²) in [6.45, 7) is 1.38. The minimum atomic E-state index is -1.12. The van der Waals surface area contributed by atoms with E-state index in [0.29, 0.717) is 21.2 Å². The Labute approximate surface area is 187 Å². The van der Waals surface area contributed by atoms with Gasteiger partial charge in [0.25, 0.3) is 5.91 Å². The number of benzene rings is 2. The van der Waals surface area contributed by atoms with E-state index in [2.05, 4.69) is 5.32 Å². The first kappa shape index (κ1) is 22.5. The van der Waals surface area contributed by atoms with Gasteiger partial charge in [-0.2, -0.15) is 0 Å². The van der Waals surface area contributed by atoms with Crippen LogP contribution in [0.25, 0.3) is 6.08 Å². The van der Waals surface area contributed by atoms with Gasteiger partial charge in [0.15, 0.2) is 17.6 Å². The standard InChI is InChI=1S/C21H18Cl2N2O6/c1-11(20(27)28)31-17-6-3-12(8-18(17)30-2)7-16-19(26)25(21(29)24-16)10-13-4-5-14(22)9-15(13)23/h3-9,11H,10H2,1-2H3,(H,24,29)(H,27,28)/b16-7+/t11-/m0/s1. The fourth-order valence-electron chi connectivity index (χ4n) is 2.81. The number of carboxylic acids is 1. The van der Waals surface area contributed by atoms with Crippen LogP contribution >= 0.6 is 23.2 Å². The van der Waals surface area contributed by atoms with Crippen molar-refractivity contribution in [2.45, 2.75) is 19.6 Å². The molecule has 3 rings (SSSR count). The van der Waals surface area contributed by atoms with Gasteiger partial charge in [-0.15, -0.1) is 0 Å². The highest BCUT2D eigenvalue weighted by atomic mass is 35.5. The van der Waals surface area contributed by atoms with Crippen LogP contribution < -0.4 is 14.8 Å². The quantitative estimate of drug-likeness (QED) is 0.474. The molecule has 1 aliphatic rings. The minimum Gasteiger partial charge on any atom is -0.493 e. The molecular formula is C21H18Cl2N2O6. The summed E-state index contributed by atoms with van der Waals surface area (Å²) in [6, 6.07) is 8.93. The lowest BCUT2D eigenvalue weighted by Crippen LogP contribution is -2.30. The second-order valence-electron chi connectivity index (χ2n) is 6.62. The van der Waals surface area contributed by atoms with E-state index in [0.717, 1.165) is 4.90 Å². The number of hydrogen-bond acceptors (Lipinski definition) is 5. The molecule has 31 heavy (non-hydrogen) atoms. The maximum Gasteiger partial charge on any atom is 0.344 e. The van der Waals surface area contributed by atoms with Crippen LogP contribution in [0, 0.1) is 0 Å². The largest absolute Gasteiger partial charge is 0.493 e. The molecule has 1 saturated heterocycles. The number of urea groups is 1. The van der Waals surface area contributed by atoms with Crippen molar-refractivity contribution in [3.63, 3.8) is 0 Å². The Balaban J connectivity index is 1.81. The highest BCUT2D eigenvalue weighted by Gasteiger charge is 2.34. The minimum absolute atomic E-state index is 0.0127. The van der Waals surface area contributed by atoms with E-state index in [1.54, 1.807) is 24.3 Å². The molecule has 0 aromatic heterocycles. The van der Waals surface area contributed by atoms with Gasteiger partial charge < -0.3 is 19.9 Å². The Kier molecular flexibility index (Phi) is 6.72. The summed E-state index contributed by atoms with van der Waals surface area (Å²) in [7, 11) is 1.41. The van der Waals surface area contributed by atoms with E-state index in [9.17, 15) is 14.4 Å². The Bertz CT molecular complexity index is 1090. The predicted molar refractivity (Wildman–Crippen MR) is 114 cm³/mol. The highest BCUT2D eigenvalue weighted by molar-refractivity contribution is 6.35. The maximum absolute atomic E-state index is 12.7. The van der Waals surface area contributed by atoms with Crippen molar-refractivity contribution in [3.8, 4) is 11.5 Å². The molecule has 0 unspecified atom stereocenters. The number of carbonyl (C=O) groups is 3. The van der Waals surface area contributed by atoms with Crippen LogP contribution in [0.1, 0.15) is 18.1 Å². The van der Waals surface area contributed by atoms with Gasteiger partial charge in [-0.1, -0.05) is 35.3 Å². The molecule has 0 spiro atoms. The molecule has 0 aliphatic carbocycles. The Morgan fingerprint density at radius 3 is 2.58 bits per heavy atom. The molecule has 1 aliphatic heterocycles. The van der Waals surface area contributed by atoms with Gasteiger partial charge in [-0.25, -0.2) is 9.59 Å². The average molecular weight is 465 g/mol. The van der Waals surface area contributed by atoms with Crippen LogP contribution in [0.3, 0.4) is 0 Å². The fraction of sp³-hybridized carbons (Fsp3) is 0.190. The molecule has 8 nitrogen and oxygen atoms in total. The number of amides is 3. The summed E-state index contributed by atoms with van der Waals surface area (Å²) >= 11 is 12.0. The van der Waals surface area contributed by atoms with Crippen LogP contribution in [0.15, 0.2) is 42.1 Å². The van der Waals surface area contributed by atoms with Crippen molar-refractivity contribution in [1.29, 1.82) is 0 Å². The lowest BCUT2D eigenvalue weighted by molar-refractivity contribution is -0.144. The maximum atomic E-state index is 12.7. The molecule has 0 bridgehead atoms. The third-order valence-electron chi connectivity index (χ3n) is 4.46. The Morgan fingerprint density at radius 2 is 1.94 bits per heavy atom. The number of imide groups is 1. The van der Waals surface area contributed by atoms with Crippen LogP contribution in [-0.2, 0) is 16.1 Å². The van der Waals surface area contributed by atoms with Crippen LogP contribution in [0.5, 0.6) is 11.5 Å². The molecule has 0 radical (unpaired) electrons. The molecule has 3 amide bonds. The van der Waals surface area contributed by atoms with E-state index in [1.807, 2.05) is 0 Å².